The number of rotatable bonds is 4. The molecule has 2 heterocycles. The Bertz CT molecular complexity index is 1030. The maximum atomic E-state index is 12.4. The van der Waals surface area contributed by atoms with E-state index in [4.69, 9.17) is 9.47 Å². The highest BCUT2D eigenvalue weighted by Crippen LogP contribution is 2.32. The molecule has 1 aliphatic rings. The van der Waals surface area contributed by atoms with Crippen LogP contribution in [0.25, 0.3) is 10.9 Å². The molecule has 0 saturated heterocycles. The van der Waals surface area contributed by atoms with Gasteiger partial charge in [0.2, 0.25) is 5.91 Å². The molecule has 8 nitrogen and oxygen atoms in total. The lowest BCUT2D eigenvalue weighted by Crippen LogP contribution is -2.26. The third-order valence-electron chi connectivity index (χ3n) is 4.01. The molecule has 0 spiro atoms. The minimum Gasteiger partial charge on any atom is -0.486 e. The van der Waals surface area contributed by atoms with Gasteiger partial charge in [-0.2, -0.15) is 0 Å². The van der Waals surface area contributed by atoms with Crippen LogP contribution in [0.3, 0.4) is 0 Å². The van der Waals surface area contributed by atoms with E-state index in [1.54, 1.807) is 42.5 Å². The molecule has 0 unspecified atom stereocenters. The van der Waals surface area contributed by atoms with Crippen LogP contribution < -0.4 is 20.3 Å². The summed E-state index contributed by atoms with van der Waals surface area (Å²) >= 11 is 0. The fourth-order valence-corrected chi connectivity index (χ4v) is 2.72. The number of amides is 1. The Labute approximate surface area is 148 Å². The summed E-state index contributed by atoms with van der Waals surface area (Å²) in [5, 5.41) is 11.1. The molecule has 2 aromatic carbocycles. The second-order valence-electron chi connectivity index (χ2n) is 5.79. The van der Waals surface area contributed by atoms with E-state index in [-0.39, 0.29) is 24.4 Å². The van der Waals surface area contributed by atoms with Crippen LogP contribution in [0, 0.1) is 0 Å². The number of nitrogens with zero attached hydrogens (tertiary/aromatic N) is 3. The maximum Gasteiger partial charge on any atom is 0.277 e. The van der Waals surface area contributed by atoms with Crippen molar-refractivity contribution in [2.24, 2.45) is 0 Å². The van der Waals surface area contributed by atoms with Crippen LogP contribution in [0.4, 0.5) is 5.69 Å². The van der Waals surface area contributed by atoms with Crippen LogP contribution in [0.5, 0.6) is 11.5 Å². The first-order valence-electron chi connectivity index (χ1n) is 8.23. The summed E-state index contributed by atoms with van der Waals surface area (Å²) in [7, 11) is 0. The molecule has 1 amide bonds. The lowest BCUT2D eigenvalue weighted by molar-refractivity contribution is -0.116. The van der Waals surface area contributed by atoms with Crippen molar-refractivity contribution >= 4 is 22.5 Å². The Hall–Kier alpha value is -3.42. The van der Waals surface area contributed by atoms with Crippen LogP contribution in [-0.2, 0) is 11.3 Å². The van der Waals surface area contributed by atoms with Crippen molar-refractivity contribution in [3.63, 3.8) is 0 Å². The normalized spacial score (nSPS) is 12.8. The van der Waals surface area contributed by atoms with Crippen molar-refractivity contribution in [3.05, 3.63) is 52.8 Å². The van der Waals surface area contributed by atoms with Crippen molar-refractivity contribution < 1.29 is 14.3 Å². The molecule has 3 aromatic rings. The fraction of sp³-hybridized carbons (Fsp3) is 0.222. The Morgan fingerprint density at radius 2 is 1.92 bits per heavy atom. The van der Waals surface area contributed by atoms with E-state index in [0.717, 1.165) is 0 Å². The lowest BCUT2D eigenvalue weighted by atomic mass is 10.2. The number of anilines is 1. The van der Waals surface area contributed by atoms with Gasteiger partial charge in [0.1, 0.15) is 18.7 Å². The predicted molar refractivity (Wildman–Crippen MR) is 94.5 cm³/mol. The summed E-state index contributed by atoms with van der Waals surface area (Å²) < 4.78 is 12.1. The lowest BCUT2D eigenvalue weighted by Gasteiger charge is -2.19. The van der Waals surface area contributed by atoms with E-state index < -0.39 is 0 Å². The molecule has 0 bridgehead atoms. The third-order valence-corrected chi connectivity index (χ3v) is 4.01. The van der Waals surface area contributed by atoms with Gasteiger partial charge in [-0.05, 0) is 24.3 Å². The molecule has 0 saturated carbocycles. The van der Waals surface area contributed by atoms with E-state index in [1.165, 1.54) is 4.68 Å². The molecule has 0 aliphatic carbocycles. The van der Waals surface area contributed by atoms with E-state index in [1.807, 2.05) is 0 Å². The number of ether oxygens (including phenoxy) is 2. The topological polar surface area (TPSA) is 95.3 Å². The van der Waals surface area contributed by atoms with Crippen molar-refractivity contribution in [3.8, 4) is 11.5 Å². The highest BCUT2D eigenvalue weighted by Gasteiger charge is 2.13. The number of aromatic nitrogens is 3. The van der Waals surface area contributed by atoms with Gasteiger partial charge in [-0.15, -0.1) is 5.10 Å². The number of carbonyl (C=O) groups excluding carboxylic acids is 1. The first-order chi connectivity index (χ1) is 12.7. The van der Waals surface area contributed by atoms with E-state index in [9.17, 15) is 9.59 Å². The molecule has 132 valence electrons. The van der Waals surface area contributed by atoms with Gasteiger partial charge >= 0.3 is 0 Å². The molecule has 1 aliphatic heterocycles. The van der Waals surface area contributed by atoms with Crippen molar-refractivity contribution in [1.29, 1.82) is 0 Å². The molecule has 4 rings (SSSR count). The standard InChI is InChI=1S/C18H16N4O4/c23-17(19-12-5-6-15-16(11-12)26-10-9-25-15)7-8-22-18(24)13-3-1-2-4-14(13)20-21-22/h1-6,11H,7-10H2,(H,19,23). The smallest absolute Gasteiger partial charge is 0.277 e. The van der Waals surface area contributed by atoms with E-state index in [0.29, 0.717) is 41.3 Å². The summed E-state index contributed by atoms with van der Waals surface area (Å²) in [6.07, 6.45) is 0.0986. The van der Waals surface area contributed by atoms with Gasteiger partial charge in [-0.1, -0.05) is 17.3 Å². The highest BCUT2D eigenvalue weighted by atomic mass is 16.6. The number of hydrogen-bond acceptors (Lipinski definition) is 6. The summed E-state index contributed by atoms with van der Waals surface area (Å²) in [5.41, 5.74) is 0.883. The zero-order chi connectivity index (χ0) is 17.9. The third kappa shape index (κ3) is 3.21. The molecular formula is C18H16N4O4. The average molecular weight is 352 g/mol. The largest absolute Gasteiger partial charge is 0.486 e. The SMILES string of the molecule is O=C(CCn1nnc2ccccc2c1=O)Nc1ccc2c(c1)OCCO2. The zero-order valence-corrected chi connectivity index (χ0v) is 13.8. The van der Waals surface area contributed by atoms with Gasteiger partial charge in [-0.25, -0.2) is 4.68 Å². The maximum absolute atomic E-state index is 12.4. The Morgan fingerprint density at radius 3 is 2.81 bits per heavy atom. The minimum absolute atomic E-state index is 0.0986. The molecule has 0 fully saturated rings. The van der Waals surface area contributed by atoms with E-state index in [2.05, 4.69) is 15.6 Å². The number of benzene rings is 2. The van der Waals surface area contributed by atoms with Crippen LogP contribution in [0.1, 0.15) is 6.42 Å². The Morgan fingerprint density at radius 1 is 1.12 bits per heavy atom. The van der Waals surface area contributed by atoms with Gasteiger partial charge in [0, 0.05) is 18.2 Å². The molecule has 1 N–H and O–H groups in total. The van der Waals surface area contributed by atoms with Crippen molar-refractivity contribution in [2.75, 3.05) is 18.5 Å². The molecule has 0 atom stereocenters. The predicted octanol–water partition coefficient (Wildman–Crippen LogP) is 1.59. The first kappa shape index (κ1) is 16.1. The second-order valence-corrected chi connectivity index (χ2v) is 5.79. The van der Waals surface area contributed by atoms with Gasteiger partial charge in [0.25, 0.3) is 5.56 Å². The minimum atomic E-state index is -0.261. The summed E-state index contributed by atoms with van der Waals surface area (Å²) in [6.45, 7) is 1.14. The van der Waals surface area contributed by atoms with Crippen LogP contribution in [0.2, 0.25) is 0 Å². The quantitative estimate of drug-likeness (QED) is 0.766. The molecule has 8 heteroatoms. The van der Waals surface area contributed by atoms with Gasteiger partial charge in [-0.3, -0.25) is 9.59 Å². The fourth-order valence-electron chi connectivity index (χ4n) is 2.72. The number of fused-ring (bicyclic) bond motifs is 2. The number of aryl methyl sites for hydroxylation is 1. The van der Waals surface area contributed by atoms with Gasteiger partial charge in [0.05, 0.1) is 11.9 Å². The second kappa shape index (κ2) is 6.83. The van der Waals surface area contributed by atoms with Crippen molar-refractivity contribution in [2.45, 2.75) is 13.0 Å². The first-order valence-corrected chi connectivity index (χ1v) is 8.23. The number of nitrogens with one attached hydrogen (secondary N) is 1. The molecular weight excluding hydrogens is 336 g/mol. The van der Waals surface area contributed by atoms with Crippen LogP contribution >= 0.6 is 0 Å². The molecule has 26 heavy (non-hydrogen) atoms. The van der Waals surface area contributed by atoms with Crippen molar-refractivity contribution in [1.82, 2.24) is 15.0 Å². The van der Waals surface area contributed by atoms with E-state index >= 15 is 0 Å². The molecule has 0 radical (unpaired) electrons. The monoisotopic (exact) mass is 352 g/mol. The van der Waals surface area contributed by atoms with Crippen LogP contribution in [0.15, 0.2) is 47.3 Å². The number of carbonyl (C=O) groups is 1. The van der Waals surface area contributed by atoms with Crippen LogP contribution in [-0.4, -0.2) is 34.1 Å². The summed E-state index contributed by atoms with van der Waals surface area (Å²) in [6, 6.07) is 12.2. The zero-order valence-electron chi connectivity index (χ0n) is 13.8. The molecule has 1 aromatic heterocycles. The van der Waals surface area contributed by atoms with Gasteiger partial charge < -0.3 is 14.8 Å². The number of hydrogen-bond donors (Lipinski definition) is 1. The summed E-state index contributed by atoms with van der Waals surface area (Å²) in [5.74, 6) is 1.03. The average Bonchev–Trinajstić information content (AvgIpc) is 2.67. The Balaban J connectivity index is 1.43. The van der Waals surface area contributed by atoms with Gasteiger partial charge in [0.15, 0.2) is 11.5 Å². The Kier molecular flexibility index (Phi) is 4.22. The summed E-state index contributed by atoms with van der Waals surface area (Å²) in [4.78, 5) is 24.5. The highest BCUT2D eigenvalue weighted by molar-refractivity contribution is 5.91.